The first-order valence-corrected chi connectivity index (χ1v) is 23.5. The van der Waals surface area contributed by atoms with Crippen LogP contribution in [0.4, 0.5) is 0 Å². The van der Waals surface area contributed by atoms with Crippen molar-refractivity contribution in [2.45, 2.75) is 40.5 Å². The first-order valence-electron chi connectivity index (χ1n) is 23.5. The van der Waals surface area contributed by atoms with Crippen LogP contribution in [0.3, 0.4) is 0 Å². The van der Waals surface area contributed by atoms with E-state index in [1.54, 1.807) is 0 Å². The maximum atomic E-state index is 5.01. The van der Waals surface area contributed by atoms with E-state index < -0.39 is 0 Å². The fourth-order valence-electron chi connectivity index (χ4n) is 8.61. The summed E-state index contributed by atoms with van der Waals surface area (Å²) in [5, 5.41) is 0. The average Bonchev–Trinajstić information content (AvgIpc) is 3.39. The minimum atomic E-state index is 0. The maximum Gasteiger partial charge on any atom is 2.00 e. The van der Waals surface area contributed by atoms with E-state index in [2.05, 4.69) is 208 Å². The van der Waals surface area contributed by atoms with Crippen molar-refractivity contribution in [1.29, 1.82) is 0 Å². The summed E-state index contributed by atoms with van der Waals surface area (Å²) in [6, 6.07) is 78.0. The van der Waals surface area contributed by atoms with Crippen LogP contribution in [0.2, 0.25) is 0 Å². The standard InChI is InChI=1S/C32H28N2.C32H26N2.Pt/c2*1-23(2)20-24-18-19-33-32(21-24)27-13-8-12-26(22-27)28-14-6-7-15-29(28)31-17-9-16-30(34-31)25-10-4-3-5-11-25;/h3-19,21-23H,20H2,1-2H3;3-10,12-19,21,23H,20H2,1-2H3;/q;-2;+2. The van der Waals surface area contributed by atoms with Crippen molar-refractivity contribution in [3.8, 4) is 89.8 Å². The number of nitrogens with zero attached hydrogens (tertiary/aromatic N) is 4. The van der Waals surface area contributed by atoms with Gasteiger partial charge in [-0.15, -0.1) is 65.7 Å². The SMILES string of the molecule is CC(C)Cc1ccnc(-c2[c-]c(-c3ccccc3-c3cccc(-c4[c-]cccc4)n3)ccc2)c1.CC(C)Cc1ccnc(-c2cccc(-c3ccccc3-c3cccc(-c4ccccc4)n3)c2)c1.[Pt+2]. The maximum absolute atomic E-state index is 5.01. The molecule has 0 saturated heterocycles. The molecule has 69 heavy (non-hydrogen) atoms. The molecule has 0 unspecified atom stereocenters. The van der Waals surface area contributed by atoms with Gasteiger partial charge >= 0.3 is 21.1 Å². The topological polar surface area (TPSA) is 51.6 Å². The zero-order chi connectivity index (χ0) is 46.7. The quantitative estimate of drug-likeness (QED) is 0.114. The Hall–Kier alpha value is -7.39. The summed E-state index contributed by atoms with van der Waals surface area (Å²) in [5.41, 5.74) is 19.3. The Bertz CT molecular complexity index is 3030. The zero-order valence-corrected chi connectivity index (χ0v) is 41.7. The van der Waals surface area contributed by atoms with Crippen molar-refractivity contribution in [2.24, 2.45) is 11.8 Å². The summed E-state index contributed by atoms with van der Waals surface area (Å²) < 4.78 is 0. The monoisotopic (exact) mass is 1070 g/mol. The molecule has 0 aliphatic rings. The fourth-order valence-corrected chi connectivity index (χ4v) is 8.61. The molecule has 0 saturated carbocycles. The summed E-state index contributed by atoms with van der Waals surface area (Å²) in [6.07, 6.45) is 5.92. The van der Waals surface area contributed by atoms with E-state index in [0.717, 1.165) is 97.1 Å². The fraction of sp³-hybridized carbons (Fsp3) is 0.125. The smallest absolute Gasteiger partial charge is 0.297 e. The molecule has 4 nitrogen and oxygen atoms in total. The molecule has 10 aromatic rings. The van der Waals surface area contributed by atoms with Crippen LogP contribution in [0.5, 0.6) is 0 Å². The van der Waals surface area contributed by atoms with E-state index in [0.29, 0.717) is 11.8 Å². The second-order valence-electron chi connectivity index (χ2n) is 17.9. The molecule has 0 N–H and O–H groups in total. The van der Waals surface area contributed by atoms with Gasteiger partial charge in [0.25, 0.3) is 0 Å². The van der Waals surface area contributed by atoms with Crippen molar-refractivity contribution in [3.63, 3.8) is 0 Å². The molecule has 4 aromatic heterocycles. The first kappa shape index (κ1) is 48.1. The van der Waals surface area contributed by atoms with Gasteiger partial charge in [0.15, 0.2) is 0 Å². The Labute approximate surface area is 422 Å². The van der Waals surface area contributed by atoms with Crippen LogP contribution in [0.1, 0.15) is 38.8 Å². The number of aromatic nitrogens is 4. The molecule has 0 atom stereocenters. The third kappa shape index (κ3) is 12.2. The molecule has 0 spiro atoms. The van der Waals surface area contributed by atoms with Crippen molar-refractivity contribution in [3.05, 3.63) is 242 Å². The van der Waals surface area contributed by atoms with E-state index in [9.17, 15) is 0 Å². The second kappa shape index (κ2) is 23.1. The minimum Gasteiger partial charge on any atom is -0.297 e. The number of pyridine rings is 4. The Morgan fingerprint density at radius 3 is 1.54 bits per heavy atom. The average molecular weight is 1070 g/mol. The van der Waals surface area contributed by atoms with E-state index >= 15 is 0 Å². The van der Waals surface area contributed by atoms with Gasteiger partial charge in [-0.3, -0.25) is 15.0 Å². The van der Waals surface area contributed by atoms with Crippen LogP contribution >= 0.6 is 0 Å². The third-order valence-corrected chi connectivity index (χ3v) is 11.7. The van der Waals surface area contributed by atoms with Gasteiger partial charge in [-0.1, -0.05) is 166 Å². The Morgan fingerprint density at radius 1 is 0.362 bits per heavy atom. The van der Waals surface area contributed by atoms with Gasteiger partial charge in [0.1, 0.15) is 0 Å². The van der Waals surface area contributed by atoms with Gasteiger partial charge in [0.2, 0.25) is 0 Å². The van der Waals surface area contributed by atoms with E-state index in [1.807, 2.05) is 60.9 Å². The van der Waals surface area contributed by atoms with Gasteiger partial charge in [0, 0.05) is 34.8 Å². The van der Waals surface area contributed by atoms with E-state index in [4.69, 9.17) is 9.97 Å². The molecule has 5 heteroatoms. The summed E-state index contributed by atoms with van der Waals surface area (Å²) >= 11 is 0. The van der Waals surface area contributed by atoms with Gasteiger partial charge in [-0.05, 0) is 95.1 Å². The number of benzene rings is 6. The number of rotatable bonds is 12. The van der Waals surface area contributed by atoms with Gasteiger partial charge < -0.3 is 0 Å². The Morgan fingerprint density at radius 2 is 0.855 bits per heavy atom. The van der Waals surface area contributed by atoms with Crippen LogP contribution in [-0.2, 0) is 33.9 Å². The molecule has 0 bridgehead atoms. The molecule has 6 aromatic carbocycles. The number of hydrogen-bond acceptors (Lipinski definition) is 4. The Balaban J connectivity index is 0.000000183. The van der Waals surface area contributed by atoms with E-state index in [1.165, 1.54) is 16.7 Å². The summed E-state index contributed by atoms with van der Waals surface area (Å²) in [5.74, 6) is 1.22. The van der Waals surface area contributed by atoms with Crippen LogP contribution in [0, 0.1) is 24.0 Å². The van der Waals surface area contributed by atoms with Crippen LogP contribution < -0.4 is 0 Å². The summed E-state index contributed by atoms with van der Waals surface area (Å²) in [4.78, 5) is 19.3. The van der Waals surface area contributed by atoms with Crippen LogP contribution in [0.25, 0.3) is 89.8 Å². The predicted octanol–water partition coefficient (Wildman–Crippen LogP) is 16.3. The van der Waals surface area contributed by atoms with Crippen LogP contribution in [0.15, 0.2) is 219 Å². The van der Waals surface area contributed by atoms with Gasteiger partial charge in [-0.25, -0.2) is 4.98 Å². The van der Waals surface area contributed by atoms with E-state index in [-0.39, 0.29) is 21.1 Å². The molecule has 0 fully saturated rings. The molecule has 0 radical (unpaired) electrons. The molecular weight excluding hydrogens is 1020 g/mol. The molecular formula is C64H54N4Pt. The number of hydrogen-bond donors (Lipinski definition) is 0. The Kier molecular flexibility index (Phi) is 16.1. The molecule has 0 aliphatic heterocycles. The zero-order valence-electron chi connectivity index (χ0n) is 39.5. The largest absolute Gasteiger partial charge is 2.00 e. The second-order valence-corrected chi connectivity index (χ2v) is 17.9. The molecule has 0 aliphatic carbocycles. The van der Waals surface area contributed by atoms with Crippen molar-refractivity contribution in [1.82, 2.24) is 19.9 Å². The molecule has 340 valence electrons. The molecule has 4 heterocycles. The van der Waals surface area contributed by atoms with Crippen LogP contribution in [-0.4, -0.2) is 19.9 Å². The third-order valence-electron chi connectivity index (χ3n) is 11.7. The van der Waals surface area contributed by atoms with Gasteiger partial charge in [-0.2, -0.15) is 0 Å². The van der Waals surface area contributed by atoms with Crippen molar-refractivity contribution >= 4 is 0 Å². The minimum absolute atomic E-state index is 0. The summed E-state index contributed by atoms with van der Waals surface area (Å²) in [7, 11) is 0. The van der Waals surface area contributed by atoms with Crippen molar-refractivity contribution in [2.75, 3.05) is 0 Å². The predicted molar refractivity (Wildman–Crippen MR) is 282 cm³/mol. The molecule has 10 rings (SSSR count). The molecule has 0 amide bonds. The van der Waals surface area contributed by atoms with Gasteiger partial charge in [0.05, 0.1) is 22.8 Å². The van der Waals surface area contributed by atoms with Crippen molar-refractivity contribution < 1.29 is 21.1 Å². The first-order chi connectivity index (χ1) is 33.3. The normalized spacial score (nSPS) is 10.9. The summed E-state index contributed by atoms with van der Waals surface area (Å²) in [6.45, 7) is 8.97.